The van der Waals surface area contributed by atoms with Gasteiger partial charge in [-0.15, -0.1) is 0 Å². The van der Waals surface area contributed by atoms with Crippen molar-refractivity contribution in [1.82, 2.24) is 5.32 Å². The van der Waals surface area contributed by atoms with Crippen LogP contribution in [0.5, 0.6) is 0 Å². The highest BCUT2D eigenvalue weighted by Gasteiger charge is 2.31. The van der Waals surface area contributed by atoms with Crippen molar-refractivity contribution in [2.75, 3.05) is 6.54 Å². The average molecular weight is 359 g/mol. The van der Waals surface area contributed by atoms with E-state index in [1.807, 2.05) is 0 Å². The number of benzene rings is 1. The van der Waals surface area contributed by atoms with Crippen LogP contribution in [-0.4, -0.2) is 28.5 Å². The van der Waals surface area contributed by atoms with Crippen LogP contribution < -0.4 is 5.32 Å². The van der Waals surface area contributed by atoms with Crippen molar-refractivity contribution in [2.45, 2.75) is 20.3 Å². The molecule has 2 N–H and O–H groups in total. The normalized spacial score (nSPS) is 13.3. The molecule has 1 unspecified atom stereocenters. The Morgan fingerprint density at radius 1 is 1.48 bits per heavy atom. The molecule has 1 rings (SSSR count). The number of hydrogen-bond acceptors (Lipinski definition) is 4. The molecule has 21 heavy (non-hydrogen) atoms. The number of nitrogens with zero attached hydrogens (tertiary/aromatic N) is 1. The lowest BCUT2D eigenvalue weighted by Crippen LogP contribution is -2.40. The van der Waals surface area contributed by atoms with E-state index in [0.29, 0.717) is 10.9 Å². The fourth-order valence-electron chi connectivity index (χ4n) is 1.52. The number of non-ortho nitro benzene ring substituents is 1. The molecule has 1 amide bonds. The number of carboxylic acid groups (broad SMARTS) is 1. The van der Waals surface area contributed by atoms with E-state index >= 15 is 0 Å². The molecule has 1 atom stereocenters. The van der Waals surface area contributed by atoms with Gasteiger partial charge in [0.05, 0.1) is 15.9 Å². The molecule has 114 valence electrons. The van der Waals surface area contributed by atoms with Crippen LogP contribution in [0.4, 0.5) is 5.69 Å². The van der Waals surface area contributed by atoms with E-state index in [1.165, 1.54) is 19.1 Å². The van der Waals surface area contributed by atoms with Gasteiger partial charge in [-0.05, 0) is 35.3 Å². The van der Waals surface area contributed by atoms with Crippen molar-refractivity contribution >= 4 is 33.5 Å². The van der Waals surface area contributed by atoms with E-state index in [9.17, 15) is 19.7 Å². The summed E-state index contributed by atoms with van der Waals surface area (Å²) >= 11 is 3.15. The zero-order chi connectivity index (χ0) is 16.2. The second-order valence-corrected chi connectivity index (χ2v) is 5.68. The molecule has 0 heterocycles. The Morgan fingerprint density at radius 2 is 2.10 bits per heavy atom. The van der Waals surface area contributed by atoms with Crippen LogP contribution in [0.1, 0.15) is 30.6 Å². The van der Waals surface area contributed by atoms with Crippen LogP contribution in [0, 0.1) is 15.5 Å². The van der Waals surface area contributed by atoms with Crippen molar-refractivity contribution in [2.24, 2.45) is 5.41 Å². The average Bonchev–Trinajstić information content (AvgIpc) is 2.44. The predicted molar refractivity (Wildman–Crippen MR) is 79.2 cm³/mol. The minimum absolute atomic E-state index is 0.0627. The van der Waals surface area contributed by atoms with Crippen molar-refractivity contribution in [3.05, 3.63) is 38.3 Å². The number of nitro groups is 1. The van der Waals surface area contributed by atoms with Gasteiger partial charge < -0.3 is 10.4 Å². The monoisotopic (exact) mass is 358 g/mol. The Kier molecular flexibility index (Phi) is 5.42. The lowest BCUT2D eigenvalue weighted by molar-refractivity contribution is -0.384. The fraction of sp³-hybridized carbons (Fsp3) is 0.385. The second kappa shape index (κ2) is 6.66. The van der Waals surface area contributed by atoms with Crippen LogP contribution in [-0.2, 0) is 4.79 Å². The molecule has 0 saturated heterocycles. The molecular formula is C13H15BrN2O5. The molecule has 0 fully saturated rings. The molecule has 0 bridgehead atoms. The van der Waals surface area contributed by atoms with E-state index in [-0.39, 0.29) is 17.8 Å². The summed E-state index contributed by atoms with van der Waals surface area (Å²) in [4.78, 5) is 33.4. The van der Waals surface area contributed by atoms with Gasteiger partial charge in [0.15, 0.2) is 0 Å². The van der Waals surface area contributed by atoms with Gasteiger partial charge in [-0.3, -0.25) is 19.7 Å². The fourth-order valence-corrected chi connectivity index (χ4v) is 1.95. The molecule has 7 nitrogen and oxygen atoms in total. The molecule has 1 aromatic rings. The summed E-state index contributed by atoms with van der Waals surface area (Å²) in [5.74, 6) is -1.57. The summed E-state index contributed by atoms with van der Waals surface area (Å²) < 4.78 is 0.402. The zero-order valence-corrected chi connectivity index (χ0v) is 13.1. The molecule has 8 heteroatoms. The molecule has 1 aromatic carbocycles. The highest BCUT2D eigenvalue weighted by Crippen LogP contribution is 2.24. The van der Waals surface area contributed by atoms with Gasteiger partial charge in [-0.25, -0.2) is 0 Å². The van der Waals surface area contributed by atoms with Gasteiger partial charge in [-0.2, -0.15) is 0 Å². The molecule has 0 aliphatic rings. The Labute approximate surface area is 129 Å². The summed E-state index contributed by atoms with van der Waals surface area (Å²) in [5.41, 5.74) is -1.20. The first-order valence-corrected chi connectivity index (χ1v) is 6.96. The Balaban J connectivity index is 2.92. The number of hydrogen-bond donors (Lipinski definition) is 2. The summed E-state index contributed by atoms with van der Waals surface area (Å²) in [6, 6.07) is 3.82. The van der Waals surface area contributed by atoms with Crippen molar-refractivity contribution in [1.29, 1.82) is 0 Å². The van der Waals surface area contributed by atoms with Crippen molar-refractivity contribution in [3.63, 3.8) is 0 Å². The summed E-state index contributed by atoms with van der Waals surface area (Å²) in [7, 11) is 0. The second-order valence-electron chi connectivity index (χ2n) is 4.82. The van der Waals surface area contributed by atoms with Gasteiger partial charge in [0.2, 0.25) is 0 Å². The molecular weight excluding hydrogens is 344 g/mol. The number of carboxylic acids is 1. The standard InChI is InChI=1S/C13H15BrN2O5/c1-3-13(2,12(18)19)7-15-11(17)9-6-8(16(20)21)4-5-10(9)14/h4-6H,3,7H2,1-2H3,(H,15,17)(H,18,19). The maximum atomic E-state index is 12.1. The molecule has 0 aromatic heterocycles. The third kappa shape index (κ3) is 4.01. The predicted octanol–water partition coefficient (Wildman–Crippen LogP) is 2.59. The smallest absolute Gasteiger partial charge is 0.311 e. The lowest BCUT2D eigenvalue weighted by Gasteiger charge is -2.23. The van der Waals surface area contributed by atoms with E-state index in [1.54, 1.807) is 6.92 Å². The minimum Gasteiger partial charge on any atom is -0.481 e. The Bertz CT molecular complexity index is 590. The van der Waals surface area contributed by atoms with Crippen LogP contribution in [0.3, 0.4) is 0 Å². The van der Waals surface area contributed by atoms with E-state index in [4.69, 9.17) is 5.11 Å². The van der Waals surface area contributed by atoms with Gasteiger partial charge in [0.1, 0.15) is 0 Å². The molecule has 0 spiro atoms. The minimum atomic E-state index is -1.08. The Hall–Kier alpha value is -1.96. The van der Waals surface area contributed by atoms with Crippen LogP contribution in [0.15, 0.2) is 22.7 Å². The lowest BCUT2D eigenvalue weighted by atomic mass is 9.87. The number of amides is 1. The van der Waals surface area contributed by atoms with Crippen LogP contribution >= 0.6 is 15.9 Å². The number of carbonyl (C=O) groups excluding carboxylic acids is 1. The van der Waals surface area contributed by atoms with Gasteiger partial charge in [0, 0.05) is 23.2 Å². The summed E-state index contributed by atoms with van der Waals surface area (Å²) in [5, 5.41) is 22.4. The van der Waals surface area contributed by atoms with E-state index < -0.39 is 22.2 Å². The SMILES string of the molecule is CCC(C)(CNC(=O)c1cc([N+](=O)[O-])ccc1Br)C(=O)O. The Morgan fingerprint density at radius 3 is 2.57 bits per heavy atom. The third-order valence-electron chi connectivity index (χ3n) is 3.34. The first-order valence-electron chi connectivity index (χ1n) is 6.17. The van der Waals surface area contributed by atoms with E-state index in [0.717, 1.165) is 6.07 Å². The number of nitrogens with one attached hydrogen (secondary N) is 1. The summed E-state index contributed by atoms with van der Waals surface area (Å²) in [6.45, 7) is 3.18. The highest BCUT2D eigenvalue weighted by molar-refractivity contribution is 9.10. The first kappa shape index (κ1) is 17.1. The quantitative estimate of drug-likeness (QED) is 0.599. The number of halogens is 1. The molecule has 0 aliphatic heterocycles. The summed E-state index contributed by atoms with van der Waals surface area (Å²) in [6.07, 6.45) is 0.346. The topological polar surface area (TPSA) is 110 Å². The molecule has 0 aliphatic carbocycles. The van der Waals surface area contributed by atoms with Gasteiger partial charge in [-0.1, -0.05) is 6.92 Å². The first-order chi connectivity index (χ1) is 9.71. The van der Waals surface area contributed by atoms with Crippen molar-refractivity contribution < 1.29 is 19.6 Å². The number of carbonyl (C=O) groups is 2. The van der Waals surface area contributed by atoms with Crippen LogP contribution in [0.25, 0.3) is 0 Å². The number of rotatable bonds is 6. The van der Waals surface area contributed by atoms with Crippen LogP contribution in [0.2, 0.25) is 0 Å². The third-order valence-corrected chi connectivity index (χ3v) is 4.03. The van der Waals surface area contributed by atoms with Gasteiger partial charge >= 0.3 is 5.97 Å². The number of aliphatic carboxylic acids is 1. The maximum Gasteiger partial charge on any atom is 0.311 e. The largest absolute Gasteiger partial charge is 0.481 e. The highest BCUT2D eigenvalue weighted by atomic mass is 79.9. The molecule has 0 saturated carbocycles. The zero-order valence-electron chi connectivity index (χ0n) is 11.6. The number of nitro benzene ring substituents is 1. The maximum absolute atomic E-state index is 12.1. The van der Waals surface area contributed by atoms with E-state index in [2.05, 4.69) is 21.2 Å². The van der Waals surface area contributed by atoms with Gasteiger partial charge in [0.25, 0.3) is 11.6 Å². The molecule has 0 radical (unpaired) electrons. The van der Waals surface area contributed by atoms with Crippen molar-refractivity contribution in [3.8, 4) is 0 Å².